The molecule has 0 saturated carbocycles. The number of benzene rings is 2. The van der Waals surface area contributed by atoms with Gasteiger partial charge in [-0.3, -0.25) is 4.79 Å². The maximum atomic E-state index is 13.6. The van der Waals surface area contributed by atoms with E-state index >= 15 is 0 Å². The molecule has 1 aliphatic rings. The van der Waals surface area contributed by atoms with Gasteiger partial charge in [0.1, 0.15) is 6.04 Å². The molecular formula is C24H31NO3S. The van der Waals surface area contributed by atoms with E-state index in [1.54, 1.807) is 24.3 Å². The lowest BCUT2D eigenvalue weighted by Crippen LogP contribution is -2.23. The number of nitrogens with zero attached hydrogens (tertiary/aromatic N) is 1. The molecule has 1 heterocycles. The standard InChI is InChI=1S/C24H31NO3S/c1-15(2)19-12-20(16(3)4)24(21(13-19)17(5)6)29(27,28)25-14-22(25)23(26)18-10-8-7-9-11-18/h7-13,15-17,22H,14H2,1-6H3/t22-,25?/m0/s1. The quantitative estimate of drug-likeness (QED) is 0.456. The van der Waals surface area contributed by atoms with Crippen LogP contribution in [0, 0.1) is 0 Å². The maximum absolute atomic E-state index is 13.6. The Balaban J connectivity index is 2.06. The highest BCUT2D eigenvalue weighted by Gasteiger charge is 2.50. The molecule has 1 fully saturated rings. The van der Waals surface area contributed by atoms with E-state index in [4.69, 9.17) is 0 Å². The van der Waals surface area contributed by atoms with E-state index in [2.05, 4.69) is 13.8 Å². The third kappa shape index (κ3) is 4.17. The van der Waals surface area contributed by atoms with Gasteiger partial charge in [0.15, 0.2) is 5.78 Å². The van der Waals surface area contributed by atoms with Crippen molar-refractivity contribution < 1.29 is 13.2 Å². The summed E-state index contributed by atoms with van der Waals surface area (Å²) in [6, 6.07) is 12.4. The van der Waals surface area contributed by atoms with E-state index in [0.29, 0.717) is 16.4 Å². The molecule has 0 radical (unpaired) electrons. The van der Waals surface area contributed by atoms with Crippen molar-refractivity contribution in [3.05, 3.63) is 64.7 Å². The van der Waals surface area contributed by atoms with Gasteiger partial charge in [0.25, 0.3) is 0 Å². The van der Waals surface area contributed by atoms with Gasteiger partial charge in [-0.25, -0.2) is 8.42 Å². The molecule has 0 aliphatic carbocycles. The Kier molecular flexibility index (Phi) is 6.02. The van der Waals surface area contributed by atoms with Crippen LogP contribution in [0.2, 0.25) is 0 Å². The third-order valence-corrected chi connectivity index (χ3v) is 7.58. The molecule has 2 aromatic rings. The first-order valence-electron chi connectivity index (χ1n) is 10.3. The minimum atomic E-state index is -3.75. The molecule has 0 amide bonds. The van der Waals surface area contributed by atoms with Gasteiger partial charge in [0.05, 0.1) is 4.90 Å². The normalized spacial score (nSPS) is 19.2. The largest absolute Gasteiger partial charge is 0.292 e. The molecule has 5 heteroatoms. The van der Waals surface area contributed by atoms with Crippen LogP contribution in [0.4, 0.5) is 0 Å². The summed E-state index contributed by atoms with van der Waals surface area (Å²) in [6.45, 7) is 12.6. The average molecular weight is 414 g/mol. The first-order valence-corrected chi connectivity index (χ1v) is 11.8. The van der Waals surface area contributed by atoms with E-state index in [1.165, 1.54) is 4.31 Å². The SMILES string of the molecule is CC(C)c1cc(C(C)C)c(S(=O)(=O)N2C[C@H]2C(=O)c2ccccc2)c(C(C)C)c1. The van der Waals surface area contributed by atoms with Gasteiger partial charge in [0, 0.05) is 12.1 Å². The van der Waals surface area contributed by atoms with Crippen molar-refractivity contribution in [3.8, 4) is 0 Å². The van der Waals surface area contributed by atoms with Gasteiger partial charge in [-0.1, -0.05) is 84.0 Å². The molecule has 0 spiro atoms. The Bertz CT molecular complexity index is 979. The van der Waals surface area contributed by atoms with Crippen molar-refractivity contribution in [1.82, 2.24) is 4.31 Å². The number of carbonyl (C=O) groups excluding carboxylic acids is 1. The average Bonchev–Trinajstić information content (AvgIpc) is 3.48. The van der Waals surface area contributed by atoms with E-state index in [1.807, 2.05) is 45.9 Å². The maximum Gasteiger partial charge on any atom is 0.244 e. The lowest BCUT2D eigenvalue weighted by Gasteiger charge is -2.23. The summed E-state index contributed by atoms with van der Waals surface area (Å²) in [5.74, 6) is 0.318. The van der Waals surface area contributed by atoms with Crippen molar-refractivity contribution in [2.45, 2.75) is 70.2 Å². The first kappa shape index (κ1) is 21.7. The summed E-state index contributed by atoms with van der Waals surface area (Å²) >= 11 is 0. The van der Waals surface area contributed by atoms with Crippen LogP contribution in [0.1, 0.15) is 86.3 Å². The second kappa shape index (κ2) is 8.04. The summed E-state index contributed by atoms with van der Waals surface area (Å²) in [5.41, 5.74) is 3.40. The third-order valence-electron chi connectivity index (χ3n) is 5.57. The molecule has 1 unspecified atom stereocenters. The molecule has 0 aromatic heterocycles. The van der Waals surface area contributed by atoms with Crippen LogP contribution in [0.5, 0.6) is 0 Å². The molecule has 2 atom stereocenters. The molecule has 1 aliphatic heterocycles. The molecular weight excluding hydrogens is 382 g/mol. The highest BCUT2D eigenvalue weighted by molar-refractivity contribution is 7.89. The van der Waals surface area contributed by atoms with Crippen molar-refractivity contribution in [3.63, 3.8) is 0 Å². The molecule has 1 saturated heterocycles. The highest BCUT2D eigenvalue weighted by Crippen LogP contribution is 2.40. The molecule has 3 rings (SSSR count). The number of carbonyl (C=O) groups is 1. The van der Waals surface area contributed by atoms with Crippen LogP contribution in [-0.4, -0.2) is 31.1 Å². The number of rotatable bonds is 7. The second-order valence-corrected chi connectivity index (χ2v) is 10.6. The van der Waals surface area contributed by atoms with Gasteiger partial charge >= 0.3 is 0 Å². The Morgan fingerprint density at radius 2 is 1.41 bits per heavy atom. The van der Waals surface area contributed by atoms with E-state index in [0.717, 1.165) is 16.7 Å². The minimum Gasteiger partial charge on any atom is -0.292 e. The van der Waals surface area contributed by atoms with Crippen molar-refractivity contribution in [2.24, 2.45) is 0 Å². The predicted molar refractivity (Wildman–Crippen MR) is 117 cm³/mol. The van der Waals surface area contributed by atoms with Crippen molar-refractivity contribution in [2.75, 3.05) is 6.54 Å². The Morgan fingerprint density at radius 3 is 1.86 bits per heavy atom. The summed E-state index contributed by atoms with van der Waals surface area (Å²) < 4.78 is 28.6. The van der Waals surface area contributed by atoms with Gasteiger partial charge in [-0.2, -0.15) is 4.31 Å². The molecule has 156 valence electrons. The number of hydrogen-bond acceptors (Lipinski definition) is 3. The molecule has 4 nitrogen and oxygen atoms in total. The topological polar surface area (TPSA) is 54.2 Å². The van der Waals surface area contributed by atoms with Crippen molar-refractivity contribution >= 4 is 15.8 Å². The fourth-order valence-corrected chi connectivity index (χ4v) is 5.89. The minimum absolute atomic E-state index is 0.0687. The zero-order valence-corrected chi connectivity index (χ0v) is 19.0. The smallest absolute Gasteiger partial charge is 0.244 e. The van der Waals surface area contributed by atoms with Crippen LogP contribution in [0.15, 0.2) is 47.4 Å². The number of ketones is 1. The number of hydrogen-bond donors (Lipinski definition) is 0. The number of Topliss-reactive ketones (excluding diaryl/α,β-unsaturated/α-hetero) is 1. The van der Waals surface area contributed by atoms with Crippen molar-refractivity contribution in [1.29, 1.82) is 0 Å². The Labute approximate surface area is 175 Å². The number of sulfonamides is 1. The predicted octanol–water partition coefficient (Wildman–Crippen LogP) is 5.31. The van der Waals surface area contributed by atoms with E-state index < -0.39 is 16.1 Å². The van der Waals surface area contributed by atoms with Crippen LogP contribution in [0.3, 0.4) is 0 Å². The molecule has 29 heavy (non-hydrogen) atoms. The Morgan fingerprint density at radius 1 is 0.897 bits per heavy atom. The molecule has 0 bridgehead atoms. The van der Waals surface area contributed by atoms with Crippen LogP contribution in [0.25, 0.3) is 0 Å². The second-order valence-electron chi connectivity index (χ2n) is 8.81. The van der Waals surface area contributed by atoms with Crippen LogP contribution < -0.4 is 0 Å². The highest BCUT2D eigenvalue weighted by atomic mass is 32.2. The van der Waals surface area contributed by atoms with Crippen LogP contribution >= 0.6 is 0 Å². The summed E-state index contributed by atoms with van der Waals surface area (Å²) in [5, 5.41) is 0. The van der Waals surface area contributed by atoms with E-state index in [-0.39, 0.29) is 24.2 Å². The first-order chi connectivity index (χ1) is 13.6. The lowest BCUT2D eigenvalue weighted by molar-refractivity contribution is 0.0982. The fourth-order valence-electron chi connectivity index (χ4n) is 3.70. The molecule has 0 N–H and O–H groups in total. The summed E-state index contributed by atoms with van der Waals surface area (Å²) in [6.07, 6.45) is 0. The summed E-state index contributed by atoms with van der Waals surface area (Å²) in [4.78, 5) is 13.2. The van der Waals surface area contributed by atoms with Gasteiger partial charge < -0.3 is 0 Å². The Hall–Kier alpha value is -1.98. The zero-order chi connectivity index (χ0) is 21.5. The van der Waals surface area contributed by atoms with Gasteiger partial charge in [-0.05, 0) is 34.4 Å². The zero-order valence-electron chi connectivity index (χ0n) is 18.1. The van der Waals surface area contributed by atoms with Gasteiger partial charge in [0.2, 0.25) is 10.0 Å². The van der Waals surface area contributed by atoms with E-state index in [9.17, 15) is 13.2 Å². The molecule has 2 aromatic carbocycles. The van der Waals surface area contributed by atoms with Crippen LogP contribution in [-0.2, 0) is 10.0 Å². The summed E-state index contributed by atoms with van der Waals surface area (Å²) in [7, 11) is -3.75. The van der Waals surface area contributed by atoms with Gasteiger partial charge in [-0.15, -0.1) is 0 Å². The fraction of sp³-hybridized carbons (Fsp3) is 0.458. The lowest BCUT2D eigenvalue weighted by atomic mass is 9.89. The monoisotopic (exact) mass is 413 g/mol.